The van der Waals surface area contributed by atoms with Gasteiger partial charge in [-0.2, -0.15) is 0 Å². The number of ether oxygens (including phenoxy) is 2. The van der Waals surface area contributed by atoms with Crippen LogP contribution in [-0.2, 0) is 20.9 Å². The Hall–Kier alpha value is -2.13. The Kier molecular flexibility index (Phi) is 8.98. The van der Waals surface area contributed by atoms with Crippen molar-refractivity contribution >= 4 is 86.1 Å². The summed E-state index contributed by atoms with van der Waals surface area (Å²) in [4.78, 5) is 49.2. The van der Waals surface area contributed by atoms with Crippen LogP contribution >= 0.6 is 56.9 Å². The third-order valence-corrected chi connectivity index (χ3v) is 7.23. The highest BCUT2D eigenvalue weighted by Crippen LogP contribution is 2.36. The molecule has 1 aliphatic heterocycles. The van der Waals surface area contributed by atoms with Crippen molar-refractivity contribution in [3.05, 3.63) is 65.1 Å². The Morgan fingerprint density at radius 1 is 1.15 bits per heavy atom. The highest BCUT2D eigenvalue weighted by atomic mass is 127. The Morgan fingerprint density at radius 2 is 1.76 bits per heavy atom. The van der Waals surface area contributed by atoms with Gasteiger partial charge in [-0.3, -0.25) is 14.5 Å². The number of thioether (sulfide) groups is 1. The van der Waals surface area contributed by atoms with Gasteiger partial charge in [-0.25, -0.2) is 9.59 Å². The number of carbonyl (C=O) groups is 4. The fraction of sp³-hybridized carbons (Fsp3) is 0.217. The normalized spacial score (nSPS) is 15.5. The minimum atomic E-state index is -1.00. The predicted octanol–water partition coefficient (Wildman–Crippen LogP) is 5.16. The smallest absolute Gasteiger partial charge is 0.335 e. The number of rotatable bonds is 8. The number of carboxylic acids is 1. The number of amides is 2. The van der Waals surface area contributed by atoms with Crippen molar-refractivity contribution in [2.24, 2.45) is 0 Å². The summed E-state index contributed by atoms with van der Waals surface area (Å²) in [5.74, 6) is -1.50. The molecule has 11 heteroatoms. The summed E-state index contributed by atoms with van der Waals surface area (Å²) in [7, 11) is 0. The molecule has 0 unspecified atom stereocenters. The summed E-state index contributed by atoms with van der Waals surface area (Å²) in [6.45, 7) is 3.54. The Morgan fingerprint density at radius 3 is 2.32 bits per heavy atom. The fourth-order valence-corrected chi connectivity index (χ4v) is 6.07. The van der Waals surface area contributed by atoms with Gasteiger partial charge in [0.1, 0.15) is 18.4 Å². The molecule has 0 spiro atoms. The van der Waals surface area contributed by atoms with Gasteiger partial charge in [-0.15, -0.1) is 0 Å². The third kappa shape index (κ3) is 6.10. The first-order valence-electron chi connectivity index (χ1n) is 10.00. The van der Waals surface area contributed by atoms with Gasteiger partial charge in [0.2, 0.25) is 0 Å². The van der Waals surface area contributed by atoms with Gasteiger partial charge in [0.05, 0.1) is 24.2 Å². The van der Waals surface area contributed by atoms with E-state index in [1.165, 1.54) is 19.1 Å². The summed E-state index contributed by atoms with van der Waals surface area (Å²) < 4.78 is 12.5. The van der Waals surface area contributed by atoms with Crippen LogP contribution in [-0.4, -0.2) is 45.7 Å². The van der Waals surface area contributed by atoms with Crippen molar-refractivity contribution in [1.82, 2.24) is 4.90 Å². The molecule has 1 atom stereocenters. The van der Waals surface area contributed by atoms with E-state index in [9.17, 15) is 19.2 Å². The summed E-state index contributed by atoms with van der Waals surface area (Å²) >= 11 is 5.04. The number of carbonyl (C=O) groups excluding carboxylic acids is 3. The van der Waals surface area contributed by atoms with E-state index < -0.39 is 29.1 Å². The molecule has 1 fully saturated rings. The Balaban J connectivity index is 1.75. The van der Waals surface area contributed by atoms with Crippen LogP contribution in [0.1, 0.15) is 35.3 Å². The number of hydrogen-bond acceptors (Lipinski definition) is 7. The van der Waals surface area contributed by atoms with Crippen molar-refractivity contribution in [2.45, 2.75) is 26.5 Å². The van der Waals surface area contributed by atoms with Gasteiger partial charge in [0.25, 0.3) is 11.1 Å². The molecular weight excluding hydrogens is 688 g/mol. The SMILES string of the molecule is CCOC(=O)[C@H](C)N1C(=O)S/C(=C/c2cc(I)c(OCc3ccc(C(=O)O)cc3)c(I)c2)C1=O. The zero-order valence-electron chi connectivity index (χ0n) is 18.0. The summed E-state index contributed by atoms with van der Waals surface area (Å²) in [5, 5.41) is 8.48. The predicted molar refractivity (Wildman–Crippen MR) is 144 cm³/mol. The molecule has 3 rings (SSSR count). The van der Waals surface area contributed by atoms with Gasteiger partial charge >= 0.3 is 11.9 Å². The van der Waals surface area contributed by atoms with E-state index in [-0.39, 0.29) is 23.7 Å². The fourth-order valence-electron chi connectivity index (χ4n) is 3.03. The molecule has 1 N–H and O–H groups in total. The molecule has 2 amide bonds. The second-order valence-electron chi connectivity index (χ2n) is 7.08. The van der Waals surface area contributed by atoms with Crippen LogP contribution in [0.4, 0.5) is 4.79 Å². The first-order valence-corrected chi connectivity index (χ1v) is 13.0. The van der Waals surface area contributed by atoms with Gasteiger partial charge in [0.15, 0.2) is 0 Å². The number of halogens is 2. The molecule has 0 saturated carbocycles. The van der Waals surface area contributed by atoms with Crippen molar-refractivity contribution in [3.63, 3.8) is 0 Å². The zero-order valence-corrected chi connectivity index (χ0v) is 23.2. The van der Waals surface area contributed by atoms with E-state index in [0.29, 0.717) is 11.3 Å². The second kappa shape index (κ2) is 11.5. The van der Waals surface area contributed by atoms with Crippen LogP contribution in [0.25, 0.3) is 6.08 Å². The van der Waals surface area contributed by atoms with E-state index >= 15 is 0 Å². The van der Waals surface area contributed by atoms with Crippen LogP contribution in [0.3, 0.4) is 0 Å². The minimum absolute atomic E-state index is 0.161. The summed E-state index contributed by atoms with van der Waals surface area (Å²) in [6, 6.07) is 9.10. The van der Waals surface area contributed by atoms with Crippen LogP contribution in [0.5, 0.6) is 5.75 Å². The number of hydrogen-bond donors (Lipinski definition) is 1. The number of imide groups is 1. The first-order chi connectivity index (χ1) is 16.1. The zero-order chi connectivity index (χ0) is 25.0. The molecule has 0 bridgehead atoms. The molecular formula is C23H19I2NO7S. The lowest BCUT2D eigenvalue weighted by Gasteiger charge is -2.19. The molecule has 34 heavy (non-hydrogen) atoms. The lowest BCUT2D eigenvalue weighted by molar-refractivity contribution is -0.150. The van der Waals surface area contributed by atoms with Crippen molar-refractivity contribution < 1.29 is 33.8 Å². The lowest BCUT2D eigenvalue weighted by Crippen LogP contribution is -2.42. The van der Waals surface area contributed by atoms with E-state index in [1.807, 2.05) is 12.1 Å². The molecule has 0 aromatic heterocycles. The molecule has 0 aliphatic carbocycles. The number of carboxylic acid groups (broad SMARTS) is 1. The molecule has 0 radical (unpaired) electrons. The highest BCUT2D eigenvalue weighted by Gasteiger charge is 2.41. The van der Waals surface area contributed by atoms with Gasteiger partial charge in [-0.1, -0.05) is 12.1 Å². The number of aromatic carboxylic acids is 1. The topological polar surface area (TPSA) is 110 Å². The largest absolute Gasteiger partial charge is 0.487 e. The monoisotopic (exact) mass is 707 g/mol. The molecule has 8 nitrogen and oxygen atoms in total. The molecule has 2 aromatic rings. The van der Waals surface area contributed by atoms with Crippen LogP contribution in [0, 0.1) is 7.14 Å². The average molecular weight is 707 g/mol. The maximum absolute atomic E-state index is 12.8. The molecule has 2 aromatic carbocycles. The van der Waals surface area contributed by atoms with E-state index in [2.05, 4.69) is 45.2 Å². The average Bonchev–Trinajstić information content (AvgIpc) is 3.05. The summed E-state index contributed by atoms with van der Waals surface area (Å²) in [6.07, 6.45) is 1.61. The number of esters is 1. The Bertz CT molecular complexity index is 1160. The highest BCUT2D eigenvalue weighted by molar-refractivity contribution is 14.1. The van der Waals surface area contributed by atoms with Crippen LogP contribution in [0.2, 0.25) is 0 Å². The molecule has 1 saturated heterocycles. The Labute approximate surface area is 227 Å². The van der Waals surface area contributed by atoms with Crippen molar-refractivity contribution in [2.75, 3.05) is 6.61 Å². The number of nitrogens with zero attached hydrogens (tertiary/aromatic N) is 1. The minimum Gasteiger partial charge on any atom is -0.487 e. The molecule has 1 aliphatic rings. The van der Waals surface area contributed by atoms with Crippen molar-refractivity contribution in [1.29, 1.82) is 0 Å². The van der Waals surface area contributed by atoms with Crippen LogP contribution < -0.4 is 4.74 Å². The van der Waals surface area contributed by atoms with Gasteiger partial charge in [-0.05, 0) is 112 Å². The quantitative estimate of drug-likeness (QED) is 0.228. The maximum atomic E-state index is 12.8. The van der Waals surface area contributed by atoms with Gasteiger partial charge < -0.3 is 14.6 Å². The molecule has 178 valence electrons. The van der Waals surface area contributed by atoms with E-state index in [4.69, 9.17) is 14.6 Å². The van der Waals surface area contributed by atoms with Gasteiger partial charge in [0, 0.05) is 0 Å². The maximum Gasteiger partial charge on any atom is 0.335 e. The second-order valence-corrected chi connectivity index (χ2v) is 10.4. The standard InChI is InChI=1S/C23H19I2NO7S/c1-3-32-22(30)12(2)26-20(27)18(34-23(26)31)10-14-8-16(24)19(17(25)9-14)33-11-13-4-6-15(7-5-13)21(28)29/h4-10,12H,3,11H2,1-2H3,(H,28,29)/b18-10+/t12-/m0/s1. The van der Waals surface area contributed by atoms with E-state index in [0.717, 1.165) is 29.4 Å². The summed E-state index contributed by atoms with van der Waals surface area (Å²) in [5.41, 5.74) is 1.74. The van der Waals surface area contributed by atoms with Crippen LogP contribution in [0.15, 0.2) is 41.3 Å². The lowest BCUT2D eigenvalue weighted by atomic mass is 10.1. The first kappa shape index (κ1) is 26.5. The molecule has 1 heterocycles. The third-order valence-electron chi connectivity index (χ3n) is 4.74. The number of benzene rings is 2. The van der Waals surface area contributed by atoms with E-state index in [1.54, 1.807) is 25.1 Å². The van der Waals surface area contributed by atoms with Crippen molar-refractivity contribution in [3.8, 4) is 5.75 Å².